The second kappa shape index (κ2) is 6.69. The van der Waals surface area contributed by atoms with E-state index >= 15 is 0 Å². The highest BCUT2D eigenvalue weighted by molar-refractivity contribution is 6.31. The van der Waals surface area contributed by atoms with Crippen molar-refractivity contribution in [1.82, 2.24) is 5.32 Å². The van der Waals surface area contributed by atoms with Crippen molar-refractivity contribution in [2.24, 2.45) is 0 Å². The number of hydrogen-bond donors (Lipinski definition) is 1. The van der Waals surface area contributed by atoms with E-state index in [-0.39, 0.29) is 22.4 Å². The van der Waals surface area contributed by atoms with Crippen molar-refractivity contribution < 1.29 is 13.6 Å². The Morgan fingerprint density at radius 3 is 2.62 bits per heavy atom. The number of halogens is 1. The van der Waals surface area contributed by atoms with Crippen LogP contribution in [0.25, 0.3) is 22.1 Å². The summed E-state index contributed by atoms with van der Waals surface area (Å²) in [6.45, 7) is 0.392. The van der Waals surface area contributed by atoms with Gasteiger partial charge in [0.1, 0.15) is 11.0 Å². The molecular weight excluding hydrogens is 354 g/mol. The van der Waals surface area contributed by atoms with Gasteiger partial charge in [-0.3, -0.25) is 9.59 Å². The molecular formula is C20H14ClNO4. The smallest absolute Gasteiger partial charge is 0.302 e. The van der Waals surface area contributed by atoms with E-state index in [2.05, 4.69) is 5.32 Å². The van der Waals surface area contributed by atoms with Crippen LogP contribution in [0.3, 0.4) is 0 Å². The monoisotopic (exact) mass is 367 g/mol. The van der Waals surface area contributed by atoms with Crippen molar-refractivity contribution in [3.63, 3.8) is 0 Å². The zero-order valence-corrected chi connectivity index (χ0v) is 14.4. The molecule has 4 rings (SSSR count). The number of para-hydroxylation sites is 1. The first-order valence-corrected chi connectivity index (χ1v) is 8.48. The highest BCUT2D eigenvalue weighted by Crippen LogP contribution is 2.21. The van der Waals surface area contributed by atoms with E-state index in [1.807, 2.05) is 18.2 Å². The molecule has 1 N–H and O–H groups in total. The fraction of sp³-hybridized carbons (Fsp3) is 0.100. The Morgan fingerprint density at radius 2 is 1.77 bits per heavy atom. The van der Waals surface area contributed by atoms with Gasteiger partial charge in [0.2, 0.25) is 5.43 Å². The summed E-state index contributed by atoms with van der Waals surface area (Å²) >= 11 is 6.10. The summed E-state index contributed by atoms with van der Waals surface area (Å²) in [6, 6.07) is 15.8. The minimum Gasteiger partial charge on any atom is -0.425 e. The van der Waals surface area contributed by atoms with Crippen LogP contribution in [-0.2, 0) is 6.42 Å². The van der Waals surface area contributed by atoms with E-state index in [9.17, 15) is 9.59 Å². The lowest BCUT2D eigenvalue weighted by atomic mass is 10.1. The maximum absolute atomic E-state index is 12.5. The van der Waals surface area contributed by atoms with Crippen LogP contribution in [-0.4, -0.2) is 12.5 Å². The number of amides is 1. The summed E-state index contributed by atoms with van der Waals surface area (Å²) in [7, 11) is 0. The Balaban J connectivity index is 1.55. The van der Waals surface area contributed by atoms with Crippen molar-refractivity contribution in [1.29, 1.82) is 0 Å². The van der Waals surface area contributed by atoms with Crippen LogP contribution in [0.5, 0.6) is 0 Å². The molecule has 0 saturated heterocycles. The number of rotatable bonds is 4. The summed E-state index contributed by atoms with van der Waals surface area (Å²) in [5.74, 6) is -0.327. The second-order valence-electron chi connectivity index (χ2n) is 5.84. The Bertz CT molecular complexity index is 1180. The van der Waals surface area contributed by atoms with Gasteiger partial charge in [-0.15, -0.1) is 0 Å². The van der Waals surface area contributed by atoms with Gasteiger partial charge in [-0.05, 0) is 30.2 Å². The van der Waals surface area contributed by atoms with E-state index in [4.69, 9.17) is 20.4 Å². The summed E-state index contributed by atoms with van der Waals surface area (Å²) in [6.07, 6.45) is 0.590. The lowest BCUT2D eigenvalue weighted by Gasteiger charge is -2.05. The molecule has 5 nitrogen and oxygen atoms in total. The molecule has 130 valence electrons. The van der Waals surface area contributed by atoms with Crippen LogP contribution in [0.2, 0.25) is 5.02 Å². The van der Waals surface area contributed by atoms with E-state index < -0.39 is 5.91 Å². The van der Waals surface area contributed by atoms with Gasteiger partial charge >= 0.3 is 5.78 Å². The molecule has 0 radical (unpaired) electrons. The first kappa shape index (κ1) is 16.4. The molecule has 0 atom stereocenters. The van der Waals surface area contributed by atoms with Crippen molar-refractivity contribution in [3.05, 3.63) is 81.2 Å². The number of furan rings is 1. The average molecular weight is 368 g/mol. The van der Waals surface area contributed by atoms with E-state index in [1.54, 1.807) is 30.3 Å². The van der Waals surface area contributed by atoms with Gasteiger partial charge < -0.3 is 14.2 Å². The lowest BCUT2D eigenvalue weighted by molar-refractivity contribution is 0.0927. The summed E-state index contributed by atoms with van der Waals surface area (Å²) in [5.41, 5.74) is 1.15. The molecule has 0 fully saturated rings. The Kier molecular flexibility index (Phi) is 4.22. The predicted molar refractivity (Wildman–Crippen MR) is 99.7 cm³/mol. The number of benzene rings is 2. The maximum Gasteiger partial charge on any atom is 0.302 e. The fourth-order valence-electron chi connectivity index (χ4n) is 2.81. The van der Waals surface area contributed by atoms with Gasteiger partial charge in [-0.1, -0.05) is 41.9 Å². The summed E-state index contributed by atoms with van der Waals surface area (Å²) in [5, 5.41) is 4.12. The Labute approximate surface area is 153 Å². The van der Waals surface area contributed by atoms with Crippen LogP contribution >= 0.6 is 11.6 Å². The molecule has 4 aromatic rings. The highest BCUT2D eigenvalue weighted by atomic mass is 35.5. The molecule has 0 aliphatic rings. The van der Waals surface area contributed by atoms with Crippen molar-refractivity contribution in [2.75, 3.05) is 6.54 Å². The molecule has 1 amide bonds. The van der Waals surface area contributed by atoms with Gasteiger partial charge in [0.05, 0.1) is 5.39 Å². The first-order valence-electron chi connectivity index (χ1n) is 8.10. The van der Waals surface area contributed by atoms with Crippen LogP contribution in [0.4, 0.5) is 0 Å². The van der Waals surface area contributed by atoms with Crippen LogP contribution in [0, 0.1) is 0 Å². The number of hydrogen-bond acceptors (Lipinski definition) is 4. The quantitative estimate of drug-likeness (QED) is 0.587. The minimum atomic E-state index is -0.410. The van der Waals surface area contributed by atoms with Gasteiger partial charge in [-0.2, -0.15) is 0 Å². The zero-order valence-electron chi connectivity index (χ0n) is 13.6. The Hall–Kier alpha value is -3.05. The SMILES string of the molecule is O=C(NCCc1ccccc1Cl)c1cc2c(=O)c3ccccc3oc2o1. The maximum atomic E-state index is 12.5. The third-order valence-electron chi connectivity index (χ3n) is 4.14. The molecule has 26 heavy (non-hydrogen) atoms. The van der Waals surface area contributed by atoms with Gasteiger partial charge in [0.25, 0.3) is 5.91 Å². The van der Waals surface area contributed by atoms with E-state index in [0.29, 0.717) is 29.0 Å². The molecule has 0 saturated carbocycles. The number of nitrogens with one attached hydrogen (secondary N) is 1. The molecule has 6 heteroatoms. The largest absolute Gasteiger partial charge is 0.425 e. The van der Waals surface area contributed by atoms with Crippen molar-refractivity contribution in [2.45, 2.75) is 6.42 Å². The van der Waals surface area contributed by atoms with Gasteiger partial charge in [0.15, 0.2) is 5.76 Å². The molecule has 2 aromatic heterocycles. The molecule has 0 aliphatic heterocycles. The van der Waals surface area contributed by atoms with Crippen LogP contribution in [0.1, 0.15) is 16.1 Å². The second-order valence-corrected chi connectivity index (χ2v) is 6.24. The molecule has 2 heterocycles. The topological polar surface area (TPSA) is 72.5 Å². The number of fused-ring (bicyclic) bond motifs is 2. The molecule has 0 bridgehead atoms. The molecule has 0 unspecified atom stereocenters. The van der Waals surface area contributed by atoms with E-state index in [0.717, 1.165) is 5.56 Å². The third-order valence-corrected chi connectivity index (χ3v) is 4.51. The zero-order chi connectivity index (χ0) is 18.1. The first-order chi connectivity index (χ1) is 12.6. The Morgan fingerprint density at radius 1 is 1.00 bits per heavy atom. The number of carbonyl (C=O) groups is 1. The summed E-state index contributed by atoms with van der Waals surface area (Å²) < 4.78 is 11.0. The van der Waals surface area contributed by atoms with Gasteiger partial charge in [-0.25, -0.2) is 0 Å². The molecule has 0 spiro atoms. The fourth-order valence-corrected chi connectivity index (χ4v) is 3.04. The minimum absolute atomic E-state index is 0.0373. The predicted octanol–water partition coefficient (Wildman–Crippen LogP) is 4.17. The average Bonchev–Trinajstić information content (AvgIpc) is 3.08. The van der Waals surface area contributed by atoms with Crippen LogP contribution < -0.4 is 10.7 Å². The molecule has 2 aromatic carbocycles. The van der Waals surface area contributed by atoms with E-state index in [1.165, 1.54) is 6.07 Å². The molecule has 0 aliphatic carbocycles. The lowest BCUT2D eigenvalue weighted by Crippen LogP contribution is -2.25. The number of carbonyl (C=O) groups excluding carboxylic acids is 1. The normalized spacial score (nSPS) is 11.1. The van der Waals surface area contributed by atoms with Crippen LogP contribution in [0.15, 0.2) is 68.2 Å². The third kappa shape index (κ3) is 2.97. The van der Waals surface area contributed by atoms with Crippen molar-refractivity contribution >= 4 is 39.6 Å². The van der Waals surface area contributed by atoms with Gasteiger partial charge in [0, 0.05) is 17.6 Å². The van der Waals surface area contributed by atoms with Crippen molar-refractivity contribution in [3.8, 4) is 0 Å². The standard InChI is InChI=1S/C20H14ClNO4/c21-15-7-3-1-5-12(15)9-10-22-19(24)17-11-14-18(23)13-6-2-4-8-16(13)25-20(14)26-17/h1-8,11H,9-10H2,(H,22,24). The summed E-state index contributed by atoms with van der Waals surface area (Å²) in [4.78, 5) is 24.8. The highest BCUT2D eigenvalue weighted by Gasteiger charge is 2.17.